The van der Waals surface area contributed by atoms with Crippen LogP contribution in [0.25, 0.3) is 11.3 Å². The van der Waals surface area contributed by atoms with E-state index in [2.05, 4.69) is 20.6 Å². The highest BCUT2D eigenvalue weighted by Gasteiger charge is 2.40. The van der Waals surface area contributed by atoms with E-state index in [1.54, 1.807) is 39.0 Å². The number of benzene rings is 1. The van der Waals surface area contributed by atoms with Crippen LogP contribution in [0.4, 0.5) is 29.3 Å². The molecule has 0 aliphatic carbocycles. The lowest BCUT2D eigenvalue weighted by molar-refractivity contribution is -0.160. The van der Waals surface area contributed by atoms with Gasteiger partial charge in [-0.15, -0.1) is 12.4 Å². The van der Waals surface area contributed by atoms with Crippen molar-refractivity contribution in [3.8, 4) is 22.8 Å². The minimum absolute atomic E-state index is 0. The molecule has 1 saturated heterocycles. The number of rotatable bonds is 7. The lowest BCUT2D eigenvalue weighted by Gasteiger charge is -2.38. The molecule has 1 fully saturated rings. The molecule has 2 aromatic heterocycles. The summed E-state index contributed by atoms with van der Waals surface area (Å²) in [4.78, 5) is 31.4. The predicted octanol–water partition coefficient (Wildman–Crippen LogP) is 5.40. The molecule has 0 saturated carbocycles. The Morgan fingerprint density at radius 1 is 1.16 bits per heavy atom. The van der Waals surface area contributed by atoms with Gasteiger partial charge in [0, 0.05) is 17.4 Å². The number of carbonyl (C=O) groups is 1. The number of anilines is 2. The van der Waals surface area contributed by atoms with Gasteiger partial charge in [0.2, 0.25) is 0 Å². The number of nitrogens with one attached hydrogen (secondary N) is 3. The van der Waals surface area contributed by atoms with E-state index in [9.17, 15) is 22.8 Å². The molecule has 1 aliphatic rings. The summed E-state index contributed by atoms with van der Waals surface area (Å²) >= 11 is 0. The highest BCUT2D eigenvalue weighted by molar-refractivity contribution is 6.00. The largest absolute Gasteiger partial charge is 0.488 e. The number of ether oxygens (including phenoxy) is 3. The summed E-state index contributed by atoms with van der Waals surface area (Å²) in [7, 11) is 0. The average Bonchev–Trinajstić information content (AvgIpc) is 2.81. The molecule has 2 amide bonds. The number of hydrogen-bond acceptors (Lipinski definition) is 6. The Kier molecular flexibility index (Phi) is 8.58. The molecule has 0 atom stereocenters. The van der Waals surface area contributed by atoms with Crippen LogP contribution >= 0.6 is 12.4 Å². The van der Waals surface area contributed by atoms with Crippen molar-refractivity contribution < 1.29 is 32.2 Å². The maximum atomic E-state index is 13.7. The van der Waals surface area contributed by atoms with Crippen LogP contribution in [0, 0.1) is 6.92 Å². The Morgan fingerprint density at radius 2 is 1.89 bits per heavy atom. The van der Waals surface area contributed by atoms with Crippen LogP contribution < -0.4 is 25.7 Å². The normalized spacial score (nSPS) is 14.1. The molecule has 9 nitrogen and oxygen atoms in total. The number of H-pyrrole nitrogens is 1. The summed E-state index contributed by atoms with van der Waals surface area (Å²) in [6.07, 6.45) is -3.19. The van der Waals surface area contributed by atoms with E-state index in [4.69, 9.17) is 14.2 Å². The first-order chi connectivity index (χ1) is 17.5. The third-order valence-electron chi connectivity index (χ3n) is 5.51. The van der Waals surface area contributed by atoms with E-state index in [0.29, 0.717) is 29.2 Å². The van der Waals surface area contributed by atoms with Crippen molar-refractivity contribution in [1.29, 1.82) is 0 Å². The monoisotopic (exact) mass is 554 g/mol. The summed E-state index contributed by atoms with van der Waals surface area (Å²) in [5, 5.41) is 4.99. The van der Waals surface area contributed by atoms with Gasteiger partial charge in [-0.1, -0.05) is 0 Å². The van der Waals surface area contributed by atoms with Gasteiger partial charge in [-0.3, -0.25) is 9.78 Å². The van der Waals surface area contributed by atoms with Gasteiger partial charge in [0.05, 0.1) is 42.5 Å². The van der Waals surface area contributed by atoms with Crippen LogP contribution in [0.5, 0.6) is 11.5 Å². The summed E-state index contributed by atoms with van der Waals surface area (Å²) in [5.41, 5.74) is -0.334. The van der Waals surface area contributed by atoms with Crippen LogP contribution in [-0.4, -0.2) is 41.4 Å². The van der Waals surface area contributed by atoms with Gasteiger partial charge in [0.1, 0.15) is 5.75 Å². The highest BCUT2D eigenvalue weighted by atomic mass is 35.5. The van der Waals surface area contributed by atoms with Crippen LogP contribution in [-0.2, 0) is 10.9 Å². The minimum Gasteiger partial charge on any atom is -0.488 e. The summed E-state index contributed by atoms with van der Waals surface area (Å²) in [6.45, 7) is 5.78. The lowest BCUT2D eigenvalue weighted by Crippen LogP contribution is -2.51. The number of aromatic amines is 1. The van der Waals surface area contributed by atoms with E-state index in [0.717, 1.165) is 6.07 Å². The van der Waals surface area contributed by atoms with E-state index >= 15 is 0 Å². The van der Waals surface area contributed by atoms with Gasteiger partial charge in [-0.05, 0) is 57.2 Å². The SMILES string of the molecule is CCOc1cc(-c2ccc(NC(=O)Nc3ccc(OC4(C)COC4)c(C(F)(F)F)c3)c(C)n2)c[nH]c1=O.Cl. The molecule has 38 heavy (non-hydrogen) atoms. The van der Waals surface area contributed by atoms with Crippen molar-refractivity contribution in [1.82, 2.24) is 9.97 Å². The van der Waals surface area contributed by atoms with Crippen LogP contribution in [0.2, 0.25) is 0 Å². The van der Waals surface area contributed by atoms with E-state index in [-0.39, 0.29) is 48.4 Å². The Morgan fingerprint density at radius 3 is 2.50 bits per heavy atom. The number of aromatic nitrogens is 2. The zero-order valence-corrected chi connectivity index (χ0v) is 21.5. The fourth-order valence-corrected chi connectivity index (χ4v) is 3.64. The molecule has 0 unspecified atom stereocenters. The summed E-state index contributed by atoms with van der Waals surface area (Å²) < 4.78 is 56.8. The molecule has 1 aliphatic heterocycles. The van der Waals surface area contributed by atoms with E-state index in [1.807, 2.05) is 0 Å². The average molecular weight is 555 g/mol. The quantitative estimate of drug-likeness (QED) is 0.360. The first-order valence-corrected chi connectivity index (χ1v) is 11.4. The predicted molar refractivity (Wildman–Crippen MR) is 137 cm³/mol. The number of aryl methyl sites for hydroxylation is 1. The van der Waals surface area contributed by atoms with E-state index in [1.165, 1.54) is 18.3 Å². The van der Waals surface area contributed by atoms with Gasteiger partial charge in [-0.25, -0.2) is 4.79 Å². The first-order valence-electron chi connectivity index (χ1n) is 11.4. The fourth-order valence-electron chi connectivity index (χ4n) is 3.64. The van der Waals surface area contributed by atoms with Crippen molar-refractivity contribution in [2.75, 3.05) is 30.5 Å². The fraction of sp³-hybridized carbons (Fsp3) is 0.320. The zero-order chi connectivity index (χ0) is 26.8. The number of hydrogen-bond donors (Lipinski definition) is 3. The maximum absolute atomic E-state index is 13.7. The van der Waals surface area contributed by atoms with Gasteiger partial charge >= 0.3 is 12.2 Å². The van der Waals surface area contributed by atoms with Crippen LogP contribution in [0.1, 0.15) is 25.1 Å². The highest BCUT2D eigenvalue weighted by Crippen LogP contribution is 2.40. The number of halogens is 4. The lowest BCUT2D eigenvalue weighted by atomic mass is 10.0. The Balaban J connectivity index is 0.00000400. The first kappa shape index (κ1) is 28.8. The topological polar surface area (TPSA) is 115 Å². The molecular weight excluding hydrogens is 529 g/mol. The Hall–Kier alpha value is -3.77. The van der Waals surface area contributed by atoms with Crippen molar-refractivity contribution in [2.45, 2.75) is 32.5 Å². The molecule has 0 bridgehead atoms. The number of nitrogens with zero attached hydrogens (tertiary/aromatic N) is 1. The zero-order valence-electron chi connectivity index (χ0n) is 20.7. The third kappa shape index (κ3) is 6.56. The molecule has 1 aromatic carbocycles. The smallest absolute Gasteiger partial charge is 0.420 e. The number of pyridine rings is 2. The molecule has 3 N–H and O–H groups in total. The third-order valence-corrected chi connectivity index (χ3v) is 5.51. The molecule has 0 spiro atoms. The standard InChI is InChI=1S/C25H25F3N4O5.ClH/c1-4-36-21-9-15(11-29-22(21)33)19-7-6-18(14(2)30-19)32-23(34)31-16-5-8-20(17(10-16)25(26,27)28)37-24(3)12-35-13-24;/h5-11H,4,12-13H2,1-3H3,(H,29,33)(H2,31,32,34);1H. The van der Waals surface area contributed by atoms with Crippen LogP contribution in [0.15, 0.2) is 47.4 Å². The van der Waals surface area contributed by atoms with Crippen molar-refractivity contribution in [3.05, 3.63) is 64.2 Å². The molecule has 4 rings (SSSR count). The second-order valence-electron chi connectivity index (χ2n) is 8.68. The second-order valence-corrected chi connectivity index (χ2v) is 8.68. The molecule has 13 heteroatoms. The number of amides is 2. The van der Waals surface area contributed by atoms with Crippen molar-refractivity contribution in [2.24, 2.45) is 0 Å². The van der Waals surface area contributed by atoms with Gasteiger partial charge in [-0.2, -0.15) is 13.2 Å². The summed E-state index contributed by atoms with van der Waals surface area (Å²) in [5.74, 6) is -0.180. The number of alkyl halides is 3. The Labute approximate surface area is 222 Å². The maximum Gasteiger partial charge on any atom is 0.420 e. The van der Waals surface area contributed by atoms with Crippen molar-refractivity contribution >= 4 is 29.8 Å². The molecule has 3 heterocycles. The summed E-state index contributed by atoms with van der Waals surface area (Å²) in [6, 6.07) is 7.36. The molecule has 204 valence electrons. The molecular formula is C25H26ClF3N4O5. The molecule has 3 aromatic rings. The minimum atomic E-state index is -4.69. The van der Waals surface area contributed by atoms with Gasteiger partial charge in [0.15, 0.2) is 11.4 Å². The molecule has 0 radical (unpaired) electrons. The van der Waals surface area contributed by atoms with Crippen molar-refractivity contribution in [3.63, 3.8) is 0 Å². The van der Waals surface area contributed by atoms with Gasteiger partial charge in [0.25, 0.3) is 5.56 Å². The number of urea groups is 1. The second kappa shape index (κ2) is 11.3. The Bertz CT molecular complexity index is 1380. The van der Waals surface area contributed by atoms with E-state index < -0.39 is 23.4 Å². The van der Waals surface area contributed by atoms with Gasteiger partial charge < -0.3 is 29.8 Å². The number of carbonyl (C=O) groups excluding carboxylic acids is 1. The van der Waals surface area contributed by atoms with Crippen LogP contribution in [0.3, 0.4) is 0 Å².